The lowest BCUT2D eigenvalue weighted by molar-refractivity contribution is 0.229. The Morgan fingerprint density at radius 3 is 1.86 bits per heavy atom. The zero-order valence-electron chi connectivity index (χ0n) is 4.29. The average molecular weight is 122 g/mol. The molecule has 0 amide bonds. The number of hydrogen-bond acceptors (Lipinski definition) is 3. The second-order valence-corrected chi connectivity index (χ2v) is 2.36. The summed E-state index contributed by atoms with van der Waals surface area (Å²) in [6, 6.07) is 0. The summed E-state index contributed by atoms with van der Waals surface area (Å²) >= 11 is 1.47. The van der Waals surface area contributed by atoms with Gasteiger partial charge in [0.05, 0.1) is 18.5 Å². The second kappa shape index (κ2) is 4.43. The molecule has 0 aromatic carbocycles. The van der Waals surface area contributed by atoms with Gasteiger partial charge in [0.2, 0.25) is 0 Å². The van der Waals surface area contributed by atoms with Crippen molar-refractivity contribution >= 4 is 11.8 Å². The topological polar surface area (TPSA) is 40.5 Å². The standard InChI is InChI=1S/C4H10O2S/c1-7-4(2-5)3-6/h4-6H,2-3H2,1H3. The molecule has 0 heterocycles. The van der Waals surface area contributed by atoms with Crippen LogP contribution in [0.3, 0.4) is 0 Å². The lowest BCUT2D eigenvalue weighted by atomic mass is 10.5. The molecule has 0 rings (SSSR count). The Morgan fingerprint density at radius 1 is 1.43 bits per heavy atom. The van der Waals surface area contributed by atoms with Crippen molar-refractivity contribution in [1.82, 2.24) is 0 Å². The number of aliphatic hydroxyl groups excluding tert-OH is 2. The van der Waals surface area contributed by atoms with Crippen LogP contribution in [-0.2, 0) is 0 Å². The molecule has 2 nitrogen and oxygen atoms in total. The Balaban J connectivity index is 2.99. The third kappa shape index (κ3) is 2.91. The van der Waals surface area contributed by atoms with Gasteiger partial charge >= 0.3 is 0 Å². The summed E-state index contributed by atoms with van der Waals surface area (Å²) in [6.45, 7) is 0.134. The molecule has 0 aromatic rings. The van der Waals surface area contributed by atoms with E-state index in [0.29, 0.717) is 0 Å². The van der Waals surface area contributed by atoms with E-state index < -0.39 is 0 Å². The molecule has 0 aliphatic heterocycles. The third-order valence-corrected chi connectivity index (χ3v) is 1.71. The molecule has 44 valence electrons. The molecular formula is C4H10O2S. The zero-order valence-corrected chi connectivity index (χ0v) is 5.11. The highest BCUT2D eigenvalue weighted by molar-refractivity contribution is 7.99. The van der Waals surface area contributed by atoms with Gasteiger partial charge in [0, 0.05) is 0 Å². The molecule has 7 heavy (non-hydrogen) atoms. The highest BCUT2D eigenvalue weighted by Crippen LogP contribution is 2.02. The molecule has 0 saturated carbocycles. The summed E-state index contributed by atoms with van der Waals surface area (Å²) in [4.78, 5) is 0. The first-order chi connectivity index (χ1) is 3.35. The van der Waals surface area contributed by atoms with E-state index in [9.17, 15) is 0 Å². The van der Waals surface area contributed by atoms with Crippen LogP contribution in [0.5, 0.6) is 0 Å². The number of rotatable bonds is 3. The van der Waals surface area contributed by atoms with E-state index in [0.717, 1.165) is 0 Å². The van der Waals surface area contributed by atoms with Gasteiger partial charge in [-0.3, -0.25) is 0 Å². The molecule has 3 heteroatoms. The van der Waals surface area contributed by atoms with E-state index in [4.69, 9.17) is 10.2 Å². The molecule has 2 N–H and O–H groups in total. The Bertz CT molecular complexity index is 31.2. The van der Waals surface area contributed by atoms with Gasteiger partial charge < -0.3 is 10.2 Å². The second-order valence-electron chi connectivity index (χ2n) is 1.22. The van der Waals surface area contributed by atoms with Crippen LogP contribution in [-0.4, -0.2) is 34.9 Å². The van der Waals surface area contributed by atoms with Gasteiger partial charge in [0.15, 0.2) is 0 Å². The molecule has 0 fully saturated rings. The van der Waals surface area contributed by atoms with Crippen molar-refractivity contribution in [2.75, 3.05) is 19.5 Å². The van der Waals surface area contributed by atoms with Crippen molar-refractivity contribution in [1.29, 1.82) is 0 Å². The minimum atomic E-state index is 0.0139. The number of aliphatic hydroxyl groups is 2. The summed E-state index contributed by atoms with van der Waals surface area (Å²) in [5.41, 5.74) is 0. The maximum atomic E-state index is 8.35. The molecule has 0 aliphatic rings. The molecular weight excluding hydrogens is 112 g/mol. The number of hydrogen-bond donors (Lipinski definition) is 2. The average Bonchev–Trinajstić information content (AvgIpc) is 1.72. The van der Waals surface area contributed by atoms with Crippen LogP contribution in [0.15, 0.2) is 0 Å². The van der Waals surface area contributed by atoms with E-state index in [1.807, 2.05) is 6.26 Å². The van der Waals surface area contributed by atoms with Crippen LogP contribution in [0.1, 0.15) is 0 Å². The minimum absolute atomic E-state index is 0.0139. The van der Waals surface area contributed by atoms with Gasteiger partial charge in [-0.15, -0.1) is 0 Å². The fourth-order valence-corrected chi connectivity index (χ4v) is 0.505. The van der Waals surface area contributed by atoms with E-state index in [-0.39, 0.29) is 18.5 Å². The SMILES string of the molecule is CSC(CO)CO. The maximum absolute atomic E-state index is 8.35. The predicted octanol–water partition coefficient (Wildman–Crippen LogP) is -0.297. The fraction of sp³-hybridized carbons (Fsp3) is 1.00. The largest absolute Gasteiger partial charge is 0.395 e. The van der Waals surface area contributed by atoms with Gasteiger partial charge in [-0.25, -0.2) is 0 Å². The first-order valence-electron chi connectivity index (χ1n) is 2.09. The van der Waals surface area contributed by atoms with Crippen molar-refractivity contribution in [2.45, 2.75) is 5.25 Å². The van der Waals surface area contributed by atoms with Crippen LogP contribution in [0.4, 0.5) is 0 Å². The van der Waals surface area contributed by atoms with Crippen LogP contribution in [0.25, 0.3) is 0 Å². The molecule has 0 aliphatic carbocycles. The molecule has 0 bridgehead atoms. The van der Waals surface area contributed by atoms with Crippen molar-refractivity contribution < 1.29 is 10.2 Å². The van der Waals surface area contributed by atoms with E-state index >= 15 is 0 Å². The monoisotopic (exact) mass is 122 g/mol. The maximum Gasteiger partial charge on any atom is 0.0572 e. The van der Waals surface area contributed by atoms with E-state index in [1.54, 1.807) is 0 Å². The summed E-state index contributed by atoms with van der Waals surface area (Å²) in [5.74, 6) is 0. The third-order valence-electron chi connectivity index (χ3n) is 0.741. The first kappa shape index (κ1) is 7.27. The lowest BCUT2D eigenvalue weighted by Gasteiger charge is -2.03. The highest BCUT2D eigenvalue weighted by atomic mass is 32.2. The summed E-state index contributed by atoms with van der Waals surface area (Å²) in [7, 11) is 0. The van der Waals surface area contributed by atoms with E-state index in [2.05, 4.69) is 0 Å². The van der Waals surface area contributed by atoms with Crippen LogP contribution in [0, 0.1) is 0 Å². The first-order valence-corrected chi connectivity index (χ1v) is 3.38. The van der Waals surface area contributed by atoms with Gasteiger partial charge in [0.25, 0.3) is 0 Å². The van der Waals surface area contributed by atoms with Gasteiger partial charge in [-0.05, 0) is 6.26 Å². The Kier molecular flexibility index (Phi) is 4.60. The quantitative estimate of drug-likeness (QED) is 0.540. The smallest absolute Gasteiger partial charge is 0.0572 e. The highest BCUT2D eigenvalue weighted by Gasteiger charge is 1.99. The van der Waals surface area contributed by atoms with Gasteiger partial charge in [0.1, 0.15) is 0 Å². The summed E-state index contributed by atoms with van der Waals surface area (Å²) in [6.07, 6.45) is 1.86. The molecule has 0 radical (unpaired) electrons. The van der Waals surface area contributed by atoms with Crippen LogP contribution in [0.2, 0.25) is 0 Å². The molecule has 0 unspecified atom stereocenters. The fourth-order valence-electron chi connectivity index (χ4n) is 0.207. The Hall–Kier alpha value is 0.270. The summed E-state index contributed by atoms with van der Waals surface area (Å²) < 4.78 is 0. The Labute approximate surface area is 47.5 Å². The normalized spacial score (nSPS) is 10.3. The van der Waals surface area contributed by atoms with Gasteiger partial charge in [-0.1, -0.05) is 0 Å². The zero-order chi connectivity index (χ0) is 5.70. The van der Waals surface area contributed by atoms with Crippen LogP contribution < -0.4 is 0 Å². The van der Waals surface area contributed by atoms with Crippen molar-refractivity contribution in [3.63, 3.8) is 0 Å². The van der Waals surface area contributed by atoms with Crippen LogP contribution >= 0.6 is 11.8 Å². The minimum Gasteiger partial charge on any atom is -0.395 e. The number of thioether (sulfide) groups is 1. The van der Waals surface area contributed by atoms with E-state index in [1.165, 1.54) is 11.8 Å². The van der Waals surface area contributed by atoms with Crippen molar-refractivity contribution in [2.24, 2.45) is 0 Å². The summed E-state index contributed by atoms with van der Waals surface area (Å²) in [5, 5.41) is 16.7. The van der Waals surface area contributed by atoms with Crippen molar-refractivity contribution in [3.8, 4) is 0 Å². The molecule has 0 saturated heterocycles. The molecule has 0 aromatic heterocycles. The van der Waals surface area contributed by atoms with Crippen molar-refractivity contribution in [3.05, 3.63) is 0 Å². The lowest BCUT2D eigenvalue weighted by Crippen LogP contribution is -2.12. The Morgan fingerprint density at radius 2 is 1.86 bits per heavy atom. The molecule has 0 atom stereocenters. The predicted molar refractivity (Wildman–Crippen MR) is 31.5 cm³/mol. The van der Waals surface area contributed by atoms with Gasteiger partial charge in [-0.2, -0.15) is 11.8 Å². The molecule has 0 spiro atoms.